The fourth-order valence-electron chi connectivity index (χ4n) is 2.48. The molecular formula is C17H23NO. The van der Waals surface area contributed by atoms with E-state index in [1.807, 2.05) is 7.05 Å². The molecule has 0 bridgehead atoms. The van der Waals surface area contributed by atoms with Gasteiger partial charge < -0.3 is 9.73 Å². The average molecular weight is 257 g/mol. The summed E-state index contributed by atoms with van der Waals surface area (Å²) in [4.78, 5) is 0. The van der Waals surface area contributed by atoms with Gasteiger partial charge in [-0.25, -0.2) is 0 Å². The molecule has 0 aliphatic rings. The minimum atomic E-state index is 0.316. The van der Waals surface area contributed by atoms with Gasteiger partial charge in [-0.05, 0) is 50.1 Å². The van der Waals surface area contributed by atoms with E-state index in [1.54, 1.807) is 6.26 Å². The molecule has 0 amide bonds. The summed E-state index contributed by atoms with van der Waals surface area (Å²) in [6.45, 7) is 6.45. The van der Waals surface area contributed by atoms with Crippen molar-refractivity contribution in [3.8, 4) is 0 Å². The molecule has 2 rings (SSSR count). The van der Waals surface area contributed by atoms with Crippen molar-refractivity contribution in [2.24, 2.45) is 0 Å². The number of rotatable bonds is 5. The molecule has 0 fully saturated rings. The van der Waals surface area contributed by atoms with E-state index >= 15 is 0 Å². The molecular weight excluding hydrogens is 234 g/mol. The average Bonchev–Trinajstić information content (AvgIpc) is 2.88. The quantitative estimate of drug-likeness (QED) is 0.877. The van der Waals surface area contributed by atoms with Crippen LogP contribution in [0, 0.1) is 13.8 Å². The number of benzene rings is 1. The molecule has 1 N–H and O–H groups in total. The van der Waals surface area contributed by atoms with Gasteiger partial charge in [0.05, 0.1) is 6.26 Å². The number of hydrogen-bond acceptors (Lipinski definition) is 2. The number of hydrogen-bond donors (Lipinski definition) is 1. The van der Waals surface area contributed by atoms with Gasteiger partial charge in [-0.15, -0.1) is 0 Å². The normalized spacial score (nSPS) is 12.6. The minimum absolute atomic E-state index is 0.316. The van der Waals surface area contributed by atoms with Crippen molar-refractivity contribution in [1.82, 2.24) is 5.32 Å². The van der Waals surface area contributed by atoms with Crippen LogP contribution in [0.4, 0.5) is 0 Å². The second-order valence-electron chi connectivity index (χ2n) is 5.12. The Morgan fingerprint density at radius 3 is 2.58 bits per heavy atom. The zero-order valence-electron chi connectivity index (χ0n) is 12.3. The lowest BCUT2D eigenvalue weighted by atomic mass is 9.96. The minimum Gasteiger partial charge on any atom is -0.469 e. The van der Waals surface area contributed by atoms with E-state index in [2.05, 4.69) is 50.4 Å². The van der Waals surface area contributed by atoms with Crippen LogP contribution in [0.15, 0.2) is 34.9 Å². The molecule has 0 aliphatic carbocycles. The molecule has 1 unspecified atom stereocenters. The molecule has 2 nitrogen and oxygen atoms in total. The molecule has 0 spiro atoms. The Morgan fingerprint density at radius 1 is 1.16 bits per heavy atom. The summed E-state index contributed by atoms with van der Waals surface area (Å²) in [5, 5.41) is 3.40. The van der Waals surface area contributed by atoms with Gasteiger partial charge in [-0.2, -0.15) is 0 Å². The highest BCUT2D eigenvalue weighted by Crippen LogP contribution is 2.24. The SMILES string of the molecule is CCc1occc1C(Cc1ccc(C)c(C)c1)NC. The van der Waals surface area contributed by atoms with Crippen LogP contribution in [0.2, 0.25) is 0 Å². The van der Waals surface area contributed by atoms with Gasteiger partial charge in [0.1, 0.15) is 5.76 Å². The molecule has 0 radical (unpaired) electrons. The van der Waals surface area contributed by atoms with Crippen LogP contribution in [0.25, 0.3) is 0 Å². The molecule has 1 aromatic carbocycles. The van der Waals surface area contributed by atoms with Crippen molar-refractivity contribution in [3.63, 3.8) is 0 Å². The van der Waals surface area contributed by atoms with Gasteiger partial charge >= 0.3 is 0 Å². The number of aryl methyl sites for hydroxylation is 3. The molecule has 2 aromatic rings. The smallest absolute Gasteiger partial charge is 0.108 e. The van der Waals surface area contributed by atoms with Crippen molar-refractivity contribution >= 4 is 0 Å². The van der Waals surface area contributed by atoms with E-state index in [9.17, 15) is 0 Å². The highest BCUT2D eigenvalue weighted by Gasteiger charge is 2.16. The van der Waals surface area contributed by atoms with E-state index in [0.717, 1.165) is 18.6 Å². The van der Waals surface area contributed by atoms with Gasteiger partial charge in [0.15, 0.2) is 0 Å². The first-order valence-corrected chi connectivity index (χ1v) is 6.95. The third kappa shape index (κ3) is 3.07. The summed E-state index contributed by atoms with van der Waals surface area (Å²) in [6.07, 6.45) is 3.72. The topological polar surface area (TPSA) is 25.2 Å². The number of furan rings is 1. The first kappa shape index (κ1) is 13.9. The first-order valence-electron chi connectivity index (χ1n) is 6.95. The van der Waals surface area contributed by atoms with Crippen LogP contribution in [0.5, 0.6) is 0 Å². The second kappa shape index (κ2) is 6.07. The van der Waals surface area contributed by atoms with Crippen molar-refractivity contribution in [2.75, 3.05) is 7.05 Å². The van der Waals surface area contributed by atoms with Crippen molar-refractivity contribution in [2.45, 2.75) is 39.7 Å². The lowest BCUT2D eigenvalue weighted by molar-refractivity contribution is 0.495. The highest BCUT2D eigenvalue weighted by molar-refractivity contribution is 5.32. The molecule has 0 saturated carbocycles. The molecule has 1 atom stereocenters. The highest BCUT2D eigenvalue weighted by atomic mass is 16.3. The molecule has 19 heavy (non-hydrogen) atoms. The molecule has 0 saturated heterocycles. The number of nitrogens with one attached hydrogen (secondary N) is 1. The summed E-state index contributed by atoms with van der Waals surface area (Å²) in [7, 11) is 2.01. The third-order valence-electron chi connectivity index (χ3n) is 3.84. The Morgan fingerprint density at radius 2 is 1.95 bits per heavy atom. The predicted molar refractivity (Wildman–Crippen MR) is 79.5 cm³/mol. The van der Waals surface area contributed by atoms with Gasteiger partial charge in [0, 0.05) is 18.0 Å². The molecule has 1 heterocycles. The Hall–Kier alpha value is -1.54. The standard InChI is InChI=1S/C17H23NO/c1-5-17-15(8-9-19-17)16(18-4)11-14-7-6-12(2)13(3)10-14/h6-10,16,18H,5,11H2,1-4H3. The predicted octanol–water partition coefficient (Wildman–Crippen LogP) is 3.96. The van der Waals surface area contributed by atoms with Gasteiger partial charge in [-0.1, -0.05) is 25.1 Å². The van der Waals surface area contributed by atoms with Crippen LogP contribution in [-0.2, 0) is 12.8 Å². The van der Waals surface area contributed by atoms with Gasteiger partial charge in [0.25, 0.3) is 0 Å². The van der Waals surface area contributed by atoms with Crippen LogP contribution in [-0.4, -0.2) is 7.05 Å². The zero-order chi connectivity index (χ0) is 13.8. The molecule has 2 heteroatoms. The second-order valence-corrected chi connectivity index (χ2v) is 5.12. The van der Waals surface area contributed by atoms with Crippen LogP contribution < -0.4 is 5.32 Å². The molecule has 102 valence electrons. The van der Waals surface area contributed by atoms with Gasteiger partial charge in [-0.3, -0.25) is 0 Å². The fourth-order valence-corrected chi connectivity index (χ4v) is 2.48. The van der Waals surface area contributed by atoms with E-state index in [0.29, 0.717) is 6.04 Å². The summed E-state index contributed by atoms with van der Waals surface area (Å²) in [5.41, 5.74) is 5.35. The summed E-state index contributed by atoms with van der Waals surface area (Å²) in [5.74, 6) is 1.09. The number of likely N-dealkylation sites (N-methyl/N-ethyl adjacent to an activating group) is 1. The van der Waals surface area contributed by atoms with Crippen molar-refractivity contribution in [1.29, 1.82) is 0 Å². The van der Waals surface area contributed by atoms with E-state index in [4.69, 9.17) is 4.42 Å². The summed E-state index contributed by atoms with van der Waals surface area (Å²) < 4.78 is 5.54. The summed E-state index contributed by atoms with van der Waals surface area (Å²) in [6, 6.07) is 9.11. The van der Waals surface area contributed by atoms with E-state index in [1.165, 1.54) is 22.3 Å². The Kier molecular flexibility index (Phi) is 4.43. The van der Waals surface area contributed by atoms with Crippen LogP contribution in [0.3, 0.4) is 0 Å². The van der Waals surface area contributed by atoms with E-state index < -0.39 is 0 Å². The summed E-state index contributed by atoms with van der Waals surface area (Å²) >= 11 is 0. The third-order valence-corrected chi connectivity index (χ3v) is 3.84. The van der Waals surface area contributed by atoms with Crippen molar-refractivity contribution in [3.05, 3.63) is 58.5 Å². The van der Waals surface area contributed by atoms with Crippen LogP contribution in [0.1, 0.15) is 41.0 Å². The maximum Gasteiger partial charge on any atom is 0.108 e. The largest absolute Gasteiger partial charge is 0.469 e. The lowest BCUT2D eigenvalue weighted by Gasteiger charge is -2.17. The monoisotopic (exact) mass is 257 g/mol. The maximum atomic E-state index is 5.54. The van der Waals surface area contributed by atoms with Crippen LogP contribution >= 0.6 is 0 Å². The Labute approximate surface area is 115 Å². The van der Waals surface area contributed by atoms with E-state index in [-0.39, 0.29) is 0 Å². The van der Waals surface area contributed by atoms with Gasteiger partial charge in [0.2, 0.25) is 0 Å². The first-order chi connectivity index (χ1) is 9.15. The Bertz CT molecular complexity index is 542. The van der Waals surface area contributed by atoms with Crippen molar-refractivity contribution < 1.29 is 4.42 Å². The Balaban J connectivity index is 2.21. The molecule has 1 aromatic heterocycles. The molecule has 0 aliphatic heterocycles. The fraction of sp³-hybridized carbons (Fsp3) is 0.412. The lowest BCUT2D eigenvalue weighted by Crippen LogP contribution is -2.19. The maximum absolute atomic E-state index is 5.54. The zero-order valence-corrected chi connectivity index (χ0v) is 12.3.